The number of fused-ring (bicyclic) bond motifs is 1. The van der Waals surface area contributed by atoms with Gasteiger partial charge in [-0.1, -0.05) is 35.0 Å². The fourth-order valence-electron chi connectivity index (χ4n) is 2.27. The van der Waals surface area contributed by atoms with Crippen LogP contribution in [0.15, 0.2) is 18.2 Å². The number of rotatable bonds is 3. The Morgan fingerprint density at radius 3 is 3.06 bits per heavy atom. The zero-order valence-electron chi connectivity index (χ0n) is 10.0. The van der Waals surface area contributed by atoms with E-state index in [9.17, 15) is 4.79 Å². The summed E-state index contributed by atoms with van der Waals surface area (Å²) >= 11 is 3.55. The molecular weight excluding hydrogens is 280 g/mol. The van der Waals surface area contributed by atoms with E-state index in [0.717, 1.165) is 23.9 Å². The highest BCUT2D eigenvalue weighted by atomic mass is 79.9. The third-order valence-electron chi connectivity index (χ3n) is 3.27. The second kappa shape index (κ2) is 5.67. The Morgan fingerprint density at radius 1 is 1.53 bits per heavy atom. The monoisotopic (exact) mass is 296 g/mol. The smallest absolute Gasteiger partial charge is 0.310 e. The van der Waals surface area contributed by atoms with Gasteiger partial charge in [-0.25, -0.2) is 0 Å². The fourth-order valence-corrected chi connectivity index (χ4v) is 2.82. The highest BCUT2D eigenvalue weighted by Gasteiger charge is 2.21. The van der Waals surface area contributed by atoms with Crippen LogP contribution < -0.4 is 4.74 Å². The van der Waals surface area contributed by atoms with Gasteiger partial charge in [0, 0.05) is 11.8 Å². The van der Waals surface area contributed by atoms with Gasteiger partial charge in [0.15, 0.2) is 0 Å². The molecule has 0 radical (unpaired) electrons. The molecule has 17 heavy (non-hydrogen) atoms. The number of hydrogen-bond donors (Lipinski definition) is 0. The van der Waals surface area contributed by atoms with Crippen LogP contribution in [0.25, 0.3) is 0 Å². The van der Waals surface area contributed by atoms with Crippen molar-refractivity contribution in [1.82, 2.24) is 0 Å². The lowest BCUT2D eigenvalue weighted by atomic mass is 9.84. The van der Waals surface area contributed by atoms with Crippen LogP contribution in [0.2, 0.25) is 0 Å². The molecule has 0 fully saturated rings. The molecular formula is C14H17BrO2. The first-order valence-corrected chi connectivity index (χ1v) is 7.24. The van der Waals surface area contributed by atoms with E-state index in [2.05, 4.69) is 22.0 Å². The molecule has 0 aliphatic heterocycles. The van der Waals surface area contributed by atoms with E-state index in [-0.39, 0.29) is 5.97 Å². The third kappa shape index (κ3) is 2.89. The summed E-state index contributed by atoms with van der Waals surface area (Å²) in [6.07, 6.45) is 3.68. The van der Waals surface area contributed by atoms with E-state index in [1.165, 1.54) is 17.5 Å². The van der Waals surface area contributed by atoms with Crippen LogP contribution in [0.3, 0.4) is 0 Å². The molecule has 0 spiro atoms. The highest BCUT2D eigenvalue weighted by molar-refractivity contribution is 9.09. The Morgan fingerprint density at radius 2 is 2.35 bits per heavy atom. The molecule has 0 bridgehead atoms. The lowest BCUT2D eigenvalue weighted by Crippen LogP contribution is -2.17. The van der Waals surface area contributed by atoms with Crippen molar-refractivity contribution in [2.75, 3.05) is 5.33 Å². The number of carbonyl (C=O) groups excluding carboxylic acids is 1. The second-order valence-electron chi connectivity index (χ2n) is 4.48. The van der Waals surface area contributed by atoms with Crippen molar-refractivity contribution < 1.29 is 9.53 Å². The van der Waals surface area contributed by atoms with Crippen LogP contribution in [-0.2, 0) is 17.6 Å². The Balaban J connectivity index is 2.22. The topological polar surface area (TPSA) is 26.3 Å². The number of alkyl halides is 1. The standard InChI is InChI=1S/C14H17BrO2/c1-2-14(16)17-13-5-3-4-11-8-10(9-15)6-7-12(11)13/h3-5,10H,2,6-9H2,1H3. The van der Waals surface area contributed by atoms with E-state index in [1.807, 2.05) is 19.1 Å². The van der Waals surface area contributed by atoms with Gasteiger partial charge in [-0.15, -0.1) is 0 Å². The van der Waals surface area contributed by atoms with Gasteiger partial charge < -0.3 is 4.74 Å². The first-order valence-electron chi connectivity index (χ1n) is 6.12. The van der Waals surface area contributed by atoms with Crippen molar-refractivity contribution in [3.8, 4) is 5.75 Å². The SMILES string of the molecule is CCC(=O)Oc1cccc2c1CCC(CBr)C2. The molecule has 0 saturated heterocycles. The first kappa shape index (κ1) is 12.6. The summed E-state index contributed by atoms with van der Waals surface area (Å²) in [6, 6.07) is 6.03. The number of esters is 1. The number of carbonyl (C=O) groups is 1. The van der Waals surface area contributed by atoms with Crippen LogP contribution in [0.5, 0.6) is 5.75 Å². The minimum absolute atomic E-state index is 0.152. The average Bonchev–Trinajstić information content (AvgIpc) is 2.38. The highest BCUT2D eigenvalue weighted by Crippen LogP contribution is 2.32. The van der Waals surface area contributed by atoms with Crippen molar-refractivity contribution >= 4 is 21.9 Å². The van der Waals surface area contributed by atoms with Crippen LogP contribution in [-0.4, -0.2) is 11.3 Å². The fraction of sp³-hybridized carbons (Fsp3) is 0.500. The maximum Gasteiger partial charge on any atom is 0.310 e. The summed E-state index contributed by atoms with van der Waals surface area (Å²) in [5.41, 5.74) is 2.56. The van der Waals surface area contributed by atoms with Crippen molar-refractivity contribution in [1.29, 1.82) is 0 Å². The molecule has 1 aromatic carbocycles. The molecule has 1 aromatic rings. The summed E-state index contributed by atoms with van der Waals surface area (Å²) in [5.74, 6) is 1.32. The zero-order valence-corrected chi connectivity index (χ0v) is 11.6. The molecule has 2 rings (SSSR count). The molecule has 1 unspecified atom stereocenters. The zero-order chi connectivity index (χ0) is 12.3. The van der Waals surface area contributed by atoms with Crippen molar-refractivity contribution in [3.05, 3.63) is 29.3 Å². The van der Waals surface area contributed by atoms with E-state index in [1.54, 1.807) is 0 Å². The van der Waals surface area contributed by atoms with Crippen molar-refractivity contribution in [3.63, 3.8) is 0 Å². The molecule has 1 aliphatic rings. The molecule has 2 nitrogen and oxygen atoms in total. The van der Waals surface area contributed by atoms with Crippen molar-refractivity contribution in [2.45, 2.75) is 32.6 Å². The summed E-state index contributed by atoms with van der Waals surface area (Å²) in [4.78, 5) is 11.4. The van der Waals surface area contributed by atoms with Gasteiger partial charge in [-0.2, -0.15) is 0 Å². The van der Waals surface area contributed by atoms with Gasteiger partial charge in [-0.3, -0.25) is 4.79 Å². The van der Waals surface area contributed by atoms with E-state index >= 15 is 0 Å². The van der Waals surface area contributed by atoms with Gasteiger partial charge in [0.1, 0.15) is 5.75 Å². The molecule has 0 amide bonds. The predicted molar refractivity (Wildman–Crippen MR) is 71.7 cm³/mol. The number of hydrogen-bond acceptors (Lipinski definition) is 2. The molecule has 92 valence electrons. The first-order chi connectivity index (χ1) is 8.24. The average molecular weight is 297 g/mol. The van der Waals surface area contributed by atoms with Crippen LogP contribution >= 0.6 is 15.9 Å². The number of halogens is 1. The van der Waals surface area contributed by atoms with Crippen LogP contribution in [0.1, 0.15) is 30.9 Å². The largest absolute Gasteiger partial charge is 0.426 e. The molecule has 3 heteroatoms. The minimum Gasteiger partial charge on any atom is -0.426 e. The van der Waals surface area contributed by atoms with Gasteiger partial charge >= 0.3 is 5.97 Å². The Bertz CT molecular complexity index is 415. The molecule has 0 heterocycles. The van der Waals surface area contributed by atoms with E-state index < -0.39 is 0 Å². The Kier molecular flexibility index (Phi) is 4.21. The minimum atomic E-state index is -0.152. The lowest BCUT2D eigenvalue weighted by molar-refractivity contribution is -0.134. The summed E-state index contributed by atoms with van der Waals surface area (Å²) < 4.78 is 5.38. The van der Waals surface area contributed by atoms with Gasteiger partial charge in [0.05, 0.1) is 0 Å². The Hall–Kier alpha value is -0.830. The molecule has 0 saturated carbocycles. The maximum atomic E-state index is 11.4. The molecule has 0 N–H and O–H groups in total. The van der Waals surface area contributed by atoms with Crippen LogP contribution in [0, 0.1) is 5.92 Å². The Labute approximate surface area is 110 Å². The van der Waals surface area contributed by atoms with E-state index in [4.69, 9.17) is 4.74 Å². The van der Waals surface area contributed by atoms with Crippen LogP contribution in [0.4, 0.5) is 0 Å². The molecule has 1 aliphatic carbocycles. The number of ether oxygens (including phenoxy) is 1. The summed E-state index contributed by atoms with van der Waals surface area (Å²) in [6.45, 7) is 1.82. The maximum absolute atomic E-state index is 11.4. The molecule has 0 aromatic heterocycles. The normalized spacial score (nSPS) is 18.6. The lowest BCUT2D eigenvalue weighted by Gasteiger charge is -2.24. The van der Waals surface area contributed by atoms with Gasteiger partial charge in [-0.05, 0) is 42.4 Å². The third-order valence-corrected chi connectivity index (χ3v) is 4.19. The predicted octanol–water partition coefficient (Wildman–Crippen LogP) is 3.50. The summed E-state index contributed by atoms with van der Waals surface area (Å²) in [7, 11) is 0. The second-order valence-corrected chi connectivity index (χ2v) is 5.13. The van der Waals surface area contributed by atoms with Gasteiger partial charge in [0.25, 0.3) is 0 Å². The van der Waals surface area contributed by atoms with E-state index in [0.29, 0.717) is 12.3 Å². The van der Waals surface area contributed by atoms with Crippen molar-refractivity contribution in [2.24, 2.45) is 5.92 Å². The van der Waals surface area contributed by atoms with Gasteiger partial charge in [0.2, 0.25) is 0 Å². The number of benzene rings is 1. The summed E-state index contributed by atoms with van der Waals surface area (Å²) in [5, 5.41) is 1.05. The molecule has 1 atom stereocenters. The quantitative estimate of drug-likeness (QED) is 0.485.